The van der Waals surface area contributed by atoms with Crippen molar-refractivity contribution in [1.29, 1.82) is 0 Å². The molecule has 1 rings (SSSR count). The lowest BCUT2D eigenvalue weighted by atomic mass is 10.2. The van der Waals surface area contributed by atoms with E-state index in [2.05, 4.69) is 5.32 Å². The molecule has 88 valence electrons. The van der Waals surface area contributed by atoms with Gasteiger partial charge in [0.05, 0.1) is 6.61 Å². The highest BCUT2D eigenvalue weighted by atomic mass is 16.5. The predicted octanol–water partition coefficient (Wildman–Crippen LogP) is 1.46. The lowest BCUT2D eigenvalue weighted by Crippen LogP contribution is -2.17. The van der Waals surface area contributed by atoms with Gasteiger partial charge in [-0.1, -0.05) is 0 Å². The molecule has 1 amide bonds. The van der Waals surface area contributed by atoms with Gasteiger partial charge in [0.2, 0.25) is 0 Å². The summed E-state index contributed by atoms with van der Waals surface area (Å²) in [7, 11) is 1.61. The van der Waals surface area contributed by atoms with E-state index >= 15 is 0 Å². The number of hydrogen-bond donors (Lipinski definition) is 1. The maximum Gasteiger partial charge on any atom is 0.251 e. The molecule has 4 heteroatoms. The second-order valence-electron chi connectivity index (χ2n) is 3.15. The average Bonchev–Trinajstić information content (AvgIpc) is 2.34. The van der Waals surface area contributed by atoms with Crippen LogP contribution in [0, 0.1) is 0 Å². The van der Waals surface area contributed by atoms with Gasteiger partial charge in [0.25, 0.3) is 5.91 Å². The van der Waals surface area contributed by atoms with Gasteiger partial charge in [0.1, 0.15) is 12.4 Å². The van der Waals surface area contributed by atoms with Crippen LogP contribution in [0.1, 0.15) is 17.3 Å². The molecule has 0 spiro atoms. The van der Waals surface area contributed by atoms with Crippen molar-refractivity contribution in [3.63, 3.8) is 0 Å². The Balaban J connectivity index is 2.42. The molecule has 0 atom stereocenters. The van der Waals surface area contributed by atoms with Crippen LogP contribution in [-0.2, 0) is 4.74 Å². The third-order valence-corrected chi connectivity index (χ3v) is 2.04. The van der Waals surface area contributed by atoms with Crippen LogP contribution in [0.5, 0.6) is 5.75 Å². The second-order valence-corrected chi connectivity index (χ2v) is 3.15. The fraction of sp³-hybridized carbons (Fsp3) is 0.417. The van der Waals surface area contributed by atoms with Gasteiger partial charge >= 0.3 is 0 Å². The molecule has 0 aliphatic carbocycles. The van der Waals surface area contributed by atoms with Crippen molar-refractivity contribution in [3.8, 4) is 5.75 Å². The molecular formula is C12H17NO3. The summed E-state index contributed by atoms with van der Waals surface area (Å²) in [6, 6.07) is 7.01. The Morgan fingerprint density at radius 2 is 1.94 bits per heavy atom. The number of hydrogen-bond acceptors (Lipinski definition) is 3. The molecule has 1 N–H and O–H groups in total. The Hall–Kier alpha value is -1.55. The smallest absolute Gasteiger partial charge is 0.251 e. The third kappa shape index (κ3) is 3.90. The molecule has 0 saturated carbocycles. The van der Waals surface area contributed by atoms with E-state index in [1.165, 1.54) is 0 Å². The molecule has 0 aromatic heterocycles. The average molecular weight is 223 g/mol. The molecule has 0 aliphatic heterocycles. The summed E-state index contributed by atoms with van der Waals surface area (Å²) in [4.78, 5) is 11.3. The van der Waals surface area contributed by atoms with E-state index in [-0.39, 0.29) is 5.91 Å². The van der Waals surface area contributed by atoms with E-state index < -0.39 is 0 Å². The zero-order chi connectivity index (χ0) is 11.8. The van der Waals surface area contributed by atoms with Gasteiger partial charge in [-0.25, -0.2) is 0 Å². The van der Waals surface area contributed by atoms with Crippen LogP contribution in [0.3, 0.4) is 0 Å². The molecule has 1 aromatic carbocycles. The molecule has 4 nitrogen and oxygen atoms in total. The summed E-state index contributed by atoms with van der Waals surface area (Å²) in [5.74, 6) is 0.647. The molecule has 0 bridgehead atoms. The standard InChI is InChI=1S/C12H17NO3/c1-3-15-8-9-16-11-6-4-10(5-7-11)12(14)13-2/h4-7H,3,8-9H2,1-2H3,(H,13,14). The first-order valence-corrected chi connectivity index (χ1v) is 5.30. The van der Waals surface area contributed by atoms with Crippen molar-refractivity contribution in [3.05, 3.63) is 29.8 Å². The van der Waals surface area contributed by atoms with E-state index in [0.717, 1.165) is 5.75 Å². The van der Waals surface area contributed by atoms with Crippen LogP contribution < -0.4 is 10.1 Å². The third-order valence-electron chi connectivity index (χ3n) is 2.04. The lowest BCUT2D eigenvalue weighted by Gasteiger charge is -2.06. The number of benzene rings is 1. The zero-order valence-electron chi connectivity index (χ0n) is 9.66. The fourth-order valence-electron chi connectivity index (χ4n) is 1.21. The highest BCUT2D eigenvalue weighted by molar-refractivity contribution is 5.94. The molecule has 0 unspecified atom stereocenters. The summed E-state index contributed by atoms with van der Waals surface area (Å²) in [5, 5.41) is 2.56. The van der Waals surface area contributed by atoms with Gasteiger partial charge in [-0.15, -0.1) is 0 Å². The SMILES string of the molecule is CCOCCOc1ccc(C(=O)NC)cc1. The number of amides is 1. The van der Waals surface area contributed by atoms with Crippen molar-refractivity contribution in [2.24, 2.45) is 0 Å². The van der Waals surface area contributed by atoms with E-state index in [1.807, 2.05) is 6.92 Å². The second kappa shape index (κ2) is 6.85. The minimum absolute atomic E-state index is 0.0964. The minimum Gasteiger partial charge on any atom is -0.491 e. The lowest BCUT2D eigenvalue weighted by molar-refractivity contribution is 0.0962. The van der Waals surface area contributed by atoms with Crippen molar-refractivity contribution in [1.82, 2.24) is 5.32 Å². The van der Waals surface area contributed by atoms with Gasteiger partial charge in [-0.2, -0.15) is 0 Å². The number of carbonyl (C=O) groups excluding carboxylic acids is 1. The van der Waals surface area contributed by atoms with Crippen LogP contribution in [0.25, 0.3) is 0 Å². The summed E-state index contributed by atoms with van der Waals surface area (Å²) in [6.07, 6.45) is 0. The van der Waals surface area contributed by atoms with Crippen LogP contribution in [0.4, 0.5) is 0 Å². The van der Waals surface area contributed by atoms with E-state index in [1.54, 1.807) is 31.3 Å². The minimum atomic E-state index is -0.0964. The van der Waals surface area contributed by atoms with E-state index in [4.69, 9.17) is 9.47 Å². The Kier molecular flexibility index (Phi) is 5.36. The van der Waals surface area contributed by atoms with E-state index in [0.29, 0.717) is 25.4 Å². The van der Waals surface area contributed by atoms with Crippen LogP contribution in [-0.4, -0.2) is 32.8 Å². The molecular weight excluding hydrogens is 206 g/mol. The quantitative estimate of drug-likeness (QED) is 0.743. The van der Waals surface area contributed by atoms with Gasteiger partial charge in [0, 0.05) is 19.2 Å². The molecule has 16 heavy (non-hydrogen) atoms. The van der Waals surface area contributed by atoms with Gasteiger partial charge < -0.3 is 14.8 Å². The Morgan fingerprint density at radius 1 is 1.25 bits per heavy atom. The van der Waals surface area contributed by atoms with Crippen LogP contribution in [0.2, 0.25) is 0 Å². The molecule has 0 heterocycles. The monoisotopic (exact) mass is 223 g/mol. The maximum atomic E-state index is 11.3. The van der Waals surface area contributed by atoms with Crippen molar-refractivity contribution >= 4 is 5.91 Å². The zero-order valence-corrected chi connectivity index (χ0v) is 9.66. The number of nitrogens with one attached hydrogen (secondary N) is 1. The maximum absolute atomic E-state index is 11.3. The van der Waals surface area contributed by atoms with E-state index in [9.17, 15) is 4.79 Å². The van der Waals surface area contributed by atoms with Crippen molar-refractivity contribution in [2.75, 3.05) is 26.9 Å². The predicted molar refractivity (Wildman–Crippen MR) is 61.8 cm³/mol. The Labute approximate surface area is 95.6 Å². The van der Waals surface area contributed by atoms with Gasteiger partial charge in [-0.3, -0.25) is 4.79 Å². The van der Waals surface area contributed by atoms with Gasteiger partial charge in [0.15, 0.2) is 0 Å². The summed E-state index contributed by atoms with van der Waals surface area (Å²) < 4.78 is 10.6. The molecule has 0 saturated heterocycles. The first kappa shape index (κ1) is 12.5. The molecule has 0 radical (unpaired) electrons. The summed E-state index contributed by atoms with van der Waals surface area (Å²) in [5.41, 5.74) is 0.625. The fourth-order valence-corrected chi connectivity index (χ4v) is 1.21. The van der Waals surface area contributed by atoms with Crippen LogP contribution in [0.15, 0.2) is 24.3 Å². The first-order chi connectivity index (χ1) is 7.77. The highest BCUT2D eigenvalue weighted by Crippen LogP contribution is 2.11. The topological polar surface area (TPSA) is 47.6 Å². The Morgan fingerprint density at radius 3 is 2.50 bits per heavy atom. The molecule has 0 fully saturated rings. The summed E-state index contributed by atoms with van der Waals surface area (Å²) in [6.45, 7) is 3.73. The summed E-state index contributed by atoms with van der Waals surface area (Å²) >= 11 is 0. The normalized spacial score (nSPS) is 9.88. The van der Waals surface area contributed by atoms with Crippen molar-refractivity contribution in [2.45, 2.75) is 6.92 Å². The first-order valence-electron chi connectivity index (χ1n) is 5.30. The van der Waals surface area contributed by atoms with Crippen molar-refractivity contribution < 1.29 is 14.3 Å². The number of rotatable bonds is 6. The largest absolute Gasteiger partial charge is 0.491 e. The number of carbonyl (C=O) groups is 1. The van der Waals surface area contributed by atoms with Crippen LogP contribution >= 0.6 is 0 Å². The van der Waals surface area contributed by atoms with Gasteiger partial charge in [-0.05, 0) is 31.2 Å². The number of ether oxygens (including phenoxy) is 2. The Bertz CT molecular complexity index is 322. The molecule has 0 aliphatic rings. The molecule has 1 aromatic rings. The highest BCUT2D eigenvalue weighted by Gasteiger charge is 2.02.